The smallest absolute Gasteiger partial charge is 0.296 e. The van der Waals surface area contributed by atoms with E-state index in [4.69, 9.17) is 11.6 Å². The highest BCUT2D eigenvalue weighted by molar-refractivity contribution is 6.30. The van der Waals surface area contributed by atoms with Gasteiger partial charge in [-0.05, 0) is 6.08 Å². The van der Waals surface area contributed by atoms with E-state index in [2.05, 4.69) is 4.98 Å². The lowest BCUT2D eigenvalue weighted by molar-refractivity contribution is -0.385. The third kappa shape index (κ3) is 3.21. The van der Waals surface area contributed by atoms with Gasteiger partial charge in [0.15, 0.2) is 0 Å². The molecule has 0 aliphatic carbocycles. The van der Waals surface area contributed by atoms with Crippen molar-refractivity contribution in [1.82, 2.24) is 9.88 Å². The first-order valence-corrected chi connectivity index (χ1v) is 4.53. The van der Waals surface area contributed by atoms with Gasteiger partial charge in [-0.3, -0.25) is 10.1 Å². The Labute approximate surface area is 92.1 Å². The molecule has 0 fully saturated rings. The van der Waals surface area contributed by atoms with Gasteiger partial charge in [0.25, 0.3) is 5.69 Å². The van der Waals surface area contributed by atoms with Crippen LogP contribution in [0.15, 0.2) is 18.5 Å². The third-order valence-corrected chi connectivity index (χ3v) is 1.80. The summed E-state index contributed by atoms with van der Waals surface area (Å²) in [6.45, 7) is 0. The van der Waals surface area contributed by atoms with Crippen molar-refractivity contribution >= 4 is 23.4 Å². The number of pyridine rings is 1. The molecule has 0 amide bonds. The van der Waals surface area contributed by atoms with Gasteiger partial charge in [-0.1, -0.05) is 11.6 Å². The van der Waals surface area contributed by atoms with Crippen molar-refractivity contribution in [1.29, 1.82) is 0 Å². The molecule has 0 unspecified atom stereocenters. The average Bonchev–Trinajstić information content (AvgIpc) is 2.15. The predicted octanol–water partition coefficient (Wildman–Crippen LogP) is 2.18. The zero-order chi connectivity index (χ0) is 11.4. The van der Waals surface area contributed by atoms with Gasteiger partial charge in [0.05, 0.1) is 9.95 Å². The zero-order valence-corrected chi connectivity index (χ0v) is 9.10. The van der Waals surface area contributed by atoms with Crippen molar-refractivity contribution in [3.05, 3.63) is 39.3 Å². The van der Waals surface area contributed by atoms with Crippen LogP contribution in [0.5, 0.6) is 0 Å². The molecule has 5 nitrogen and oxygen atoms in total. The van der Waals surface area contributed by atoms with E-state index in [1.54, 1.807) is 17.2 Å². The van der Waals surface area contributed by atoms with Gasteiger partial charge in [-0.2, -0.15) is 0 Å². The van der Waals surface area contributed by atoms with Crippen molar-refractivity contribution in [2.75, 3.05) is 14.1 Å². The van der Waals surface area contributed by atoms with Crippen molar-refractivity contribution in [3.63, 3.8) is 0 Å². The fourth-order valence-electron chi connectivity index (χ4n) is 0.933. The zero-order valence-electron chi connectivity index (χ0n) is 8.35. The van der Waals surface area contributed by atoms with Gasteiger partial charge < -0.3 is 4.90 Å². The Morgan fingerprint density at radius 3 is 2.80 bits per heavy atom. The van der Waals surface area contributed by atoms with E-state index in [-0.39, 0.29) is 16.4 Å². The number of aromatic nitrogens is 1. The Morgan fingerprint density at radius 2 is 2.27 bits per heavy atom. The van der Waals surface area contributed by atoms with Gasteiger partial charge in [0, 0.05) is 32.6 Å². The molecule has 0 saturated carbocycles. The molecule has 0 aliphatic rings. The van der Waals surface area contributed by atoms with Crippen LogP contribution in [-0.2, 0) is 0 Å². The predicted molar refractivity (Wildman–Crippen MR) is 58.6 cm³/mol. The summed E-state index contributed by atoms with van der Waals surface area (Å²) in [5.74, 6) is 0. The van der Waals surface area contributed by atoms with Gasteiger partial charge >= 0.3 is 0 Å². The molecule has 1 rings (SSSR count). The normalized spacial score (nSPS) is 10.6. The number of halogens is 1. The largest absolute Gasteiger partial charge is 0.383 e. The second-order valence-electron chi connectivity index (χ2n) is 3.09. The van der Waals surface area contributed by atoms with Crippen LogP contribution in [0.1, 0.15) is 5.69 Å². The first-order chi connectivity index (χ1) is 7.00. The molecule has 1 aromatic heterocycles. The molecular weight excluding hydrogens is 218 g/mol. The highest BCUT2D eigenvalue weighted by Crippen LogP contribution is 2.21. The van der Waals surface area contributed by atoms with Crippen molar-refractivity contribution in [3.8, 4) is 0 Å². The summed E-state index contributed by atoms with van der Waals surface area (Å²) in [6.07, 6.45) is 4.63. The van der Waals surface area contributed by atoms with E-state index < -0.39 is 4.92 Å². The molecule has 15 heavy (non-hydrogen) atoms. The van der Waals surface area contributed by atoms with E-state index in [9.17, 15) is 10.1 Å². The van der Waals surface area contributed by atoms with Gasteiger partial charge in [-0.15, -0.1) is 0 Å². The second kappa shape index (κ2) is 4.75. The molecule has 1 heterocycles. The molecule has 0 saturated heterocycles. The summed E-state index contributed by atoms with van der Waals surface area (Å²) in [6, 6.07) is 1.28. The number of nitro groups is 1. The molecule has 0 bridgehead atoms. The first-order valence-electron chi connectivity index (χ1n) is 4.15. The standard InChI is InChI=1S/C9H10ClN3O2/c1-12(2)4-3-8-9(13(14)15)5-7(10)6-11-8/h3-6H,1-2H3/b4-3+. The summed E-state index contributed by atoms with van der Waals surface area (Å²) < 4.78 is 0. The highest BCUT2D eigenvalue weighted by atomic mass is 35.5. The molecular formula is C9H10ClN3O2. The average molecular weight is 228 g/mol. The molecule has 0 radical (unpaired) electrons. The Hall–Kier alpha value is -1.62. The minimum atomic E-state index is -0.506. The highest BCUT2D eigenvalue weighted by Gasteiger charge is 2.13. The van der Waals surface area contributed by atoms with Gasteiger partial charge in [0.2, 0.25) is 0 Å². The molecule has 1 aromatic rings. The molecule has 0 atom stereocenters. The van der Waals surface area contributed by atoms with Crippen LogP contribution in [0.3, 0.4) is 0 Å². The van der Waals surface area contributed by atoms with Crippen LogP contribution in [0, 0.1) is 10.1 Å². The number of hydrogen-bond donors (Lipinski definition) is 0. The number of hydrogen-bond acceptors (Lipinski definition) is 4. The topological polar surface area (TPSA) is 59.3 Å². The summed E-state index contributed by atoms with van der Waals surface area (Å²) >= 11 is 5.62. The molecule has 80 valence electrons. The molecule has 0 aliphatic heterocycles. The molecule has 0 N–H and O–H groups in total. The maximum Gasteiger partial charge on any atom is 0.296 e. The van der Waals surface area contributed by atoms with E-state index >= 15 is 0 Å². The SMILES string of the molecule is CN(C)/C=C/c1ncc(Cl)cc1[N+](=O)[O-]. The van der Waals surface area contributed by atoms with E-state index in [1.807, 2.05) is 14.1 Å². The van der Waals surface area contributed by atoms with E-state index in [1.165, 1.54) is 12.3 Å². The van der Waals surface area contributed by atoms with Gasteiger partial charge in [-0.25, -0.2) is 4.98 Å². The van der Waals surface area contributed by atoms with Crippen molar-refractivity contribution in [2.24, 2.45) is 0 Å². The summed E-state index contributed by atoms with van der Waals surface area (Å²) in [5, 5.41) is 10.9. The molecule has 0 spiro atoms. The minimum Gasteiger partial charge on any atom is -0.383 e. The van der Waals surface area contributed by atoms with E-state index in [0.29, 0.717) is 0 Å². The lowest BCUT2D eigenvalue weighted by atomic mass is 10.3. The fraction of sp³-hybridized carbons (Fsp3) is 0.222. The minimum absolute atomic E-state index is 0.0967. The van der Waals surface area contributed by atoms with Crippen LogP contribution in [0.4, 0.5) is 5.69 Å². The number of rotatable bonds is 3. The lowest BCUT2D eigenvalue weighted by Crippen LogP contribution is -2.01. The molecule has 0 aromatic carbocycles. The maximum absolute atomic E-state index is 10.7. The quantitative estimate of drug-likeness (QED) is 0.587. The van der Waals surface area contributed by atoms with Crippen LogP contribution in [0.2, 0.25) is 5.02 Å². The monoisotopic (exact) mass is 227 g/mol. The van der Waals surface area contributed by atoms with Crippen LogP contribution in [0.25, 0.3) is 6.08 Å². The maximum atomic E-state index is 10.7. The summed E-state index contributed by atoms with van der Waals surface area (Å²) in [7, 11) is 3.64. The van der Waals surface area contributed by atoms with Crippen LogP contribution >= 0.6 is 11.6 Å². The second-order valence-corrected chi connectivity index (χ2v) is 3.53. The van der Waals surface area contributed by atoms with Crippen LogP contribution < -0.4 is 0 Å². The van der Waals surface area contributed by atoms with Crippen molar-refractivity contribution in [2.45, 2.75) is 0 Å². The molecule has 6 heteroatoms. The Kier molecular flexibility index (Phi) is 3.62. The fourth-order valence-corrected chi connectivity index (χ4v) is 1.09. The lowest BCUT2D eigenvalue weighted by Gasteiger charge is -2.03. The Balaban J connectivity index is 3.12. The summed E-state index contributed by atoms with van der Waals surface area (Å²) in [5.41, 5.74) is 0.193. The van der Waals surface area contributed by atoms with Crippen molar-refractivity contribution < 1.29 is 4.92 Å². The Bertz CT molecular complexity index is 404. The first kappa shape index (κ1) is 11.5. The Morgan fingerprint density at radius 1 is 1.60 bits per heavy atom. The summed E-state index contributed by atoms with van der Waals surface area (Å²) in [4.78, 5) is 15.8. The number of nitrogens with zero attached hydrogens (tertiary/aromatic N) is 3. The van der Waals surface area contributed by atoms with Gasteiger partial charge in [0.1, 0.15) is 5.69 Å². The van der Waals surface area contributed by atoms with Crippen LogP contribution in [-0.4, -0.2) is 28.9 Å². The third-order valence-electron chi connectivity index (χ3n) is 1.59. The van der Waals surface area contributed by atoms with E-state index in [0.717, 1.165) is 0 Å².